The van der Waals surface area contributed by atoms with Gasteiger partial charge in [-0.05, 0) is 32.0 Å². The fourth-order valence-electron chi connectivity index (χ4n) is 1.80. The third-order valence-corrected chi connectivity index (χ3v) is 4.30. The number of halogens is 1. The first-order chi connectivity index (χ1) is 9.68. The zero-order chi connectivity index (χ0) is 16.2. The molecule has 21 heavy (non-hydrogen) atoms. The molecular formula is C13H19ClN2O4S. The van der Waals surface area contributed by atoms with Crippen LogP contribution in [-0.2, 0) is 14.8 Å². The summed E-state index contributed by atoms with van der Waals surface area (Å²) in [6, 6.07) is 3.97. The van der Waals surface area contributed by atoms with E-state index >= 15 is 0 Å². The van der Waals surface area contributed by atoms with Gasteiger partial charge in [0.2, 0.25) is 10.0 Å². The summed E-state index contributed by atoms with van der Waals surface area (Å²) in [5, 5.41) is 5.07. The quantitative estimate of drug-likeness (QED) is 0.853. The number of hydrogen-bond donors (Lipinski definition) is 1. The summed E-state index contributed by atoms with van der Waals surface area (Å²) in [7, 11) is -2.43. The van der Waals surface area contributed by atoms with Gasteiger partial charge in [0.25, 0.3) is 5.91 Å². The molecule has 0 bridgehead atoms. The molecule has 0 heterocycles. The summed E-state index contributed by atoms with van der Waals surface area (Å²) in [5.41, 5.74) is 0.216. The van der Waals surface area contributed by atoms with Gasteiger partial charge < -0.3 is 9.64 Å². The number of methoxy groups -OCH3 is 1. The number of nitrogens with two attached hydrogens (primary N) is 1. The summed E-state index contributed by atoms with van der Waals surface area (Å²) in [5.74, 6) is -0.302. The summed E-state index contributed by atoms with van der Waals surface area (Å²) in [6.45, 7) is 4.52. The second-order valence-electron chi connectivity index (χ2n) is 4.78. The van der Waals surface area contributed by atoms with Crippen LogP contribution in [0.25, 0.3) is 0 Å². The highest BCUT2D eigenvalue weighted by Gasteiger charge is 2.21. The van der Waals surface area contributed by atoms with Gasteiger partial charge in [-0.1, -0.05) is 11.6 Å². The number of hydrogen-bond acceptors (Lipinski definition) is 4. The first kappa shape index (κ1) is 17.9. The number of carbonyl (C=O) groups excluding carboxylic acids is 1. The maximum atomic E-state index is 12.5. The van der Waals surface area contributed by atoms with Crippen LogP contribution in [0.4, 0.5) is 0 Å². The van der Waals surface area contributed by atoms with Crippen molar-refractivity contribution in [1.29, 1.82) is 0 Å². The molecule has 0 spiro atoms. The molecule has 0 aliphatic carbocycles. The normalized spacial score (nSPS) is 11.7. The van der Waals surface area contributed by atoms with Crippen molar-refractivity contribution >= 4 is 27.5 Å². The van der Waals surface area contributed by atoms with Gasteiger partial charge in [-0.3, -0.25) is 4.79 Å². The zero-order valence-electron chi connectivity index (χ0n) is 12.2. The average molecular weight is 335 g/mol. The van der Waals surface area contributed by atoms with Crippen molar-refractivity contribution in [2.75, 3.05) is 20.3 Å². The van der Waals surface area contributed by atoms with Gasteiger partial charge in [0, 0.05) is 25.3 Å². The number of carbonyl (C=O) groups is 1. The smallest absolute Gasteiger partial charge is 0.254 e. The van der Waals surface area contributed by atoms with Crippen LogP contribution in [0, 0.1) is 0 Å². The SMILES string of the molecule is COCCN(C(=O)c1ccc(Cl)c(S(N)(=O)=O)c1)C(C)C. The fourth-order valence-corrected chi connectivity index (χ4v) is 2.88. The molecule has 0 unspecified atom stereocenters. The molecule has 0 saturated heterocycles. The predicted molar refractivity (Wildman–Crippen MR) is 80.9 cm³/mol. The first-order valence-corrected chi connectivity index (χ1v) is 8.23. The van der Waals surface area contributed by atoms with Crippen LogP contribution < -0.4 is 5.14 Å². The van der Waals surface area contributed by atoms with Crippen LogP contribution in [0.3, 0.4) is 0 Å². The van der Waals surface area contributed by atoms with E-state index in [1.807, 2.05) is 13.8 Å². The van der Waals surface area contributed by atoms with Crippen molar-refractivity contribution < 1.29 is 17.9 Å². The number of rotatable bonds is 6. The van der Waals surface area contributed by atoms with E-state index in [2.05, 4.69) is 0 Å². The van der Waals surface area contributed by atoms with E-state index < -0.39 is 10.0 Å². The molecule has 0 aliphatic heterocycles. The highest BCUT2D eigenvalue weighted by atomic mass is 35.5. The van der Waals surface area contributed by atoms with Crippen molar-refractivity contribution in [2.24, 2.45) is 5.14 Å². The molecule has 1 aromatic rings. The third-order valence-electron chi connectivity index (χ3n) is 2.91. The molecule has 0 aliphatic rings. The van der Waals surface area contributed by atoms with Crippen LogP contribution >= 0.6 is 11.6 Å². The van der Waals surface area contributed by atoms with Crippen molar-refractivity contribution in [1.82, 2.24) is 4.90 Å². The molecule has 8 heteroatoms. The van der Waals surface area contributed by atoms with E-state index in [9.17, 15) is 13.2 Å². The van der Waals surface area contributed by atoms with Crippen LogP contribution in [0.2, 0.25) is 5.02 Å². The maximum absolute atomic E-state index is 12.5. The average Bonchev–Trinajstić information content (AvgIpc) is 2.37. The van der Waals surface area contributed by atoms with E-state index in [1.54, 1.807) is 12.0 Å². The number of primary sulfonamides is 1. The summed E-state index contributed by atoms with van der Waals surface area (Å²) < 4.78 is 27.9. The van der Waals surface area contributed by atoms with Crippen LogP contribution in [0.5, 0.6) is 0 Å². The molecular weight excluding hydrogens is 316 g/mol. The third kappa shape index (κ3) is 4.67. The first-order valence-electron chi connectivity index (χ1n) is 6.30. The van der Waals surface area contributed by atoms with E-state index in [0.717, 1.165) is 0 Å². The maximum Gasteiger partial charge on any atom is 0.254 e. The van der Waals surface area contributed by atoms with Crippen LogP contribution in [0.1, 0.15) is 24.2 Å². The molecule has 0 aromatic heterocycles. The largest absolute Gasteiger partial charge is 0.383 e. The molecule has 0 radical (unpaired) electrons. The van der Waals surface area contributed by atoms with Gasteiger partial charge in [-0.25, -0.2) is 13.6 Å². The minimum Gasteiger partial charge on any atom is -0.383 e. The lowest BCUT2D eigenvalue weighted by Gasteiger charge is -2.26. The molecule has 1 rings (SSSR count). The highest BCUT2D eigenvalue weighted by molar-refractivity contribution is 7.89. The monoisotopic (exact) mass is 334 g/mol. The molecule has 2 N–H and O–H groups in total. The number of amides is 1. The van der Waals surface area contributed by atoms with Gasteiger partial charge in [0.15, 0.2) is 0 Å². The topological polar surface area (TPSA) is 89.7 Å². The second-order valence-corrected chi connectivity index (χ2v) is 6.71. The summed E-state index contributed by atoms with van der Waals surface area (Å²) >= 11 is 5.81. The standard InChI is InChI=1S/C13H19ClN2O4S/c1-9(2)16(6-7-20-3)13(17)10-4-5-11(14)12(8-10)21(15,18)19/h4-5,8-9H,6-7H2,1-3H3,(H2,15,18,19). The van der Waals surface area contributed by atoms with Gasteiger partial charge in [0.05, 0.1) is 11.6 Å². The van der Waals surface area contributed by atoms with Crippen molar-refractivity contribution in [3.8, 4) is 0 Å². The van der Waals surface area contributed by atoms with Gasteiger partial charge in [-0.15, -0.1) is 0 Å². The van der Waals surface area contributed by atoms with Gasteiger partial charge in [0.1, 0.15) is 4.90 Å². The van der Waals surface area contributed by atoms with Crippen molar-refractivity contribution in [2.45, 2.75) is 24.8 Å². The lowest BCUT2D eigenvalue weighted by atomic mass is 10.1. The Bertz CT molecular complexity index is 617. The minimum absolute atomic E-state index is 0.0120. The zero-order valence-corrected chi connectivity index (χ0v) is 13.7. The molecule has 1 amide bonds. The number of ether oxygens (including phenoxy) is 1. The fraction of sp³-hybridized carbons (Fsp3) is 0.462. The number of sulfonamides is 1. The molecule has 6 nitrogen and oxygen atoms in total. The molecule has 0 saturated carbocycles. The Morgan fingerprint density at radius 1 is 1.43 bits per heavy atom. The highest BCUT2D eigenvalue weighted by Crippen LogP contribution is 2.22. The van der Waals surface area contributed by atoms with E-state index in [-0.39, 0.29) is 27.4 Å². The molecule has 118 valence electrons. The Morgan fingerprint density at radius 2 is 2.05 bits per heavy atom. The minimum atomic E-state index is -3.98. The summed E-state index contributed by atoms with van der Waals surface area (Å²) in [4.78, 5) is 13.8. The Kier molecular flexibility index (Phi) is 6.15. The number of benzene rings is 1. The van der Waals surface area contributed by atoms with Crippen LogP contribution in [-0.4, -0.2) is 45.5 Å². The summed E-state index contributed by atoms with van der Waals surface area (Å²) in [6.07, 6.45) is 0. The Morgan fingerprint density at radius 3 is 2.52 bits per heavy atom. The molecule has 0 atom stereocenters. The van der Waals surface area contributed by atoms with Crippen molar-refractivity contribution in [3.63, 3.8) is 0 Å². The van der Waals surface area contributed by atoms with Gasteiger partial charge in [-0.2, -0.15) is 0 Å². The lowest BCUT2D eigenvalue weighted by molar-refractivity contribution is 0.0634. The number of nitrogens with zero attached hydrogens (tertiary/aromatic N) is 1. The molecule has 0 fully saturated rings. The van der Waals surface area contributed by atoms with Crippen molar-refractivity contribution in [3.05, 3.63) is 28.8 Å². The van der Waals surface area contributed by atoms with E-state index in [1.165, 1.54) is 18.2 Å². The predicted octanol–water partition coefficient (Wildman–Crippen LogP) is 1.48. The Hall–Kier alpha value is -1.15. The van der Waals surface area contributed by atoms with E-state index in [4.69, 9.17) is 21.5 Å². The Labute approximate surface area is 129 Å². The van der Waals surface area contributed by atoms with Gasteiger partial charge >= 0.3 is 0 Å². The molecule has 1 aromatic carbocycles. The second kappa shape index (κ2) is 7.22. The van der Waals surface area contributed by atoms with E-state index in [0.29, 0.717) is 13.2 Å². The Balaban J connectivity index is 3.17. The van der Waals surface area contributed by atoms with Crippen LogP contribution in [0.15, 0.2) is 23.1 Å². The lowest BCUT2D eigenvalue weighted by Crippen LogP contribution is -2.39.